The monoisotopic (exact) mass is 245 g/mol. The lowest BCUT2D eigenvalue weighted by Gasteiger charge is -2.12. The zero-order chi connectivity index (χ0) is 13.0. The molecule has 0 aliphatic carbocycles. The van der Waals surface area contributed by atoms with E-state index in [2.05, 4.69) is 10.1 Å². The molecule has 2 rings (SSSR count). The van der Waals surface area contributed by atoms with E-state index in [1.165, 1.54) is 6.33 Å². The summed E-state index contributed by atoms with van der Waals surface area (Å²) in [6.45, 7) is 2.65. The van der Waals surface area contributed by atoms with Gasteiger partial charge in [-0.25, -0.2) is 4.98 Å². The Bertz CT molecular complexity index is 522. The first-order valence-corrected chi connectivity index (χ1v) is 5.86. The van der Waals surface area contributed by atoms with E-state index in [1.54, 1.807) is 4.68 Å². The number of carboxylic acids is 1. The highest BCUT2D eigenvalue weighted by Gasteiger charge is 2.22. The lowest BCUT2D eigenvalue weighted by molar-refractivity contribution is -0.138. The van der Waals surface area contributed by atoms with Gasteiger partial charge in [0.1, 0.15) is 12.2 Å². The fourth-order valence-electron chi connectivity index (χ4n) is 1.93. The maximum atomic E-state index is 11.4. The van der Waals surface area contributed by atoms with E-state index < -0.39 is 11.9 Å². The van der Waals surface area contributed by atoms with Gasteiger partial charge in [0, 0.05) is 13.0 Å². The van der Waals surface area contributed by atoms with Gasteiger partial charge in [0.2, 0.25) is 0 Å². The Morgan fingerprint density at radius 1 is 1.39 bits per heavy atom. The summed E-state index contributed by atoms with van der Waals surface area (Å²) in [5.74, 6) is -0.721. The van der Waals surface area contributed by atoms with Gasteiger partial charge in [0.25, 0.3) is 0 Å². The molecule has 1 heterocycles. The van der Waals surface area contributed by atoms with Gasteiger partial charge >= 0.3 is 5.97 Å². The molecule has 0 saturated heterocycles. The quantitative estimate of drug-likeness (QED) is 0.870. The number of hydrogen-bond acceptors (Lipinski definition) is 3. The lowest BCUT2D eigenvalue weighted by atomic mass is 9.95. The fourth-order valence-corrected chi connectivity index (χ4v) is 1.93. The highest BCUT2D eigenvalue weighted by atomic mass is 16.4. The third kappa shape index (κ3) is 2.56. The zero-order valence-corrected chi connectivity index (χ0v) is 10.2. The van der Waals surface area contributed by atoms with Gasteiger partial charge in [-0.15, -0.1) is 0 Å². The summed E-state index contributed by atoms with van der Waals surface area (Å²) in [4.78, 5) is 15.5. The van der Waals surface area contributed by atoms with Gasteiger partial charge in [-0.3, -0.25) is 9.48 Å². The number of carbonyl (C=O) groups is 1. The maximum Gasteiger partial charge on any atom is 0.311 e. The van der Waals surface area contributed by atoms with Crippen LogP contribution in [0.4, 0.5) is 0 Å². The maximum absolute atomic E-state index is 11.4. The Kier molecular flexibility index (Phi) is 3.72. The van der Waals surface area contributed by atoms with E-state index in [0.717, 1.165) is 5.56 Å². The molecule has 0 fully saturated rings. The topological polar surface area (TPSA) is 68.0 Å². The predicted molar refractivity (Wildman–Crippen MR) is 66.2 cm³/mol. The molecule has 1 aromatic carbocycles. The van der Waals surface area contributed by atoms with E-state index in [-0.39, 0.29) is 0 Å². The summed E-state index contributed by atoms with van der Waals surface area (Å²) in [7, 11) is 0. The van der Waals surface area contributed by atoms with Crippen molar-refractivity contribution in [2.24, 2.45) is 0 Å². The minimum atomic E-state index is -0.841. The van der Waals surface area contributed by atoms with Crippen molar-refractivity contribution in [3.63, 3.8) is 0 Å². The largest absolute Gasteiger partial charge is 0.481 e. The number of nitrogens with zero attached hydrogens (tertiary/aromatic N) is 3. The highest BCUT2D eigenvalue weighted by Crippen LogP contribution is 2.20. The SMILES string of the molecule is CCn1ncnc1CC(C(=O)O)c1ccccc1. The summed E-state index contributed by atoms with van der Waals surface area (Å²) in [6.07, 6.45) is 1.82. The second-order valence-corrected chi connectivity index (χ2v) is 4.00. The van der Waals surface area contributed by atoms with Crippen LogP contribution in [0.5, 0.6) is 0 Å². The molecule has 0 saturated carbocycles. The lowest BCUT2D eigenvalue weighted by Crippen LogP contribution is -2.17. The third-order valence-corrected chi connectivity index (χ3v) is 2.88. The van der Waals surface area contributed by atoms with Crippen LogP contribution in [0.25, 0.3) is 0 Å². The normalized spacial score (nSPS) is 12.3. The molecule has 1 N–H and O–H groups in total. The molecular formula is C13H15N3O2. The summed E-state index contributed by atoms with van der Waals surface area (Å²) < 4.78 is 1.72. The molecule has 0 bridgehead atoms. The number of carboxylic acid groups (broad SMARTS) is 1. The fraction of sp³-hybridized carbons (Fsp3) is 0.308. The first-order chi connectivity index (χ1) is 8.72. The van der Waals surface area contributed by atoms with E-state index in [1.807, 2.05) is 37.3 Å². The van der Waals surface area contributed by atoms with Crippen molar-refractivity contribution < 1.29 is 9.90 Å². The van der Waals surface area contributed by atoms with Crippen LogP contribution in [0.1, 0.15) is 24.2 Å². The van der Waals surface area contributed by atoms with Crippen LogP contribution in [0.2, 0.25) is 0 Å². The minimum absolute atomic E-state index is 0.354. The van der Waals surface area contributed by atoms with Gasteiger partial charge in [-0.2, -0.15) is 5.10 Å². The Labute approximate surface area is 105 Å². The molecule has 1 unspecified atom stereocenters. The Balaban J connectivity index is 2.25. The third-order valence-electron chi connectivity index (χ3n) is 2.88. The standard InChI is InChI=1S/C13H15N3O2/c1-2-16-12(14-9-15-16)8-11(13(17)18)10-6-4-3-5-7-10/h3-7,9,11H,2,8H2,1H3,(H,17,18). The smallest absolute Gasteiger partial charge is 0.311 e. The van der Waals surface area contributed by atoms with Crippen molar-refractivity contribution in [3.8, 4) is 0 Å². The van der Waals surface area contributed by atoms with Crippen molar-refractivity contribution in [1.29, 1.82) is 0 Å². The molecule has 1 atom stereocenters. The molecule has 5 heteroatoms. The molecule has 1 aromatic heterocycles. The molecule has 2 aromatic rings. The number of benzene rings is 1. The first-order valence-electron chi connectivity index (χ1n) is 5.86. The number of rotatable bonds is 5. The van der Waals surface area contributed by atoms with Crippen molar-refractivity contribution in [2.75, 3.05) is 0 Å². The second-order valence-electron chi connectivity index (χ2n) is 4.00. The average Bonchev–Trinajstić information content (AvgIpc) is 2.83. The summed E-state index contributed by atoms with van der Waals surface area (Å²) in [6, 6.07) is 9.21. The van der Waals surface area contributed by atoms with Crippen LogP contribution in [-0.2, 0) is 17.8 Å². The first kappa shape index (κ1) is 12.3. The molecule has 0 spiro atoms. The van der Waals surface area contributed by atoms with E-state index in [4.69, 9.17) is 0 Å². The van der Waals surface area contributed by atoms with Crippen molar-refractivity contribution in [1.82, 2.24) is 14.8 Å². The highest BCUT2D eigenvalue weighted by molar-refractivity contribution is 5.76. The van der Waals surface area contributed by atoms with E-state index >= 15 is 0 Å². The van der Waals surface area contributed by atoms with Crippen LogP contribution in [0.15, 0.2) is 36.7 Å². The number of hydrogen-bond donors (Lipinski definition) is 1. The van der Waals surface area contributed by atoms with Crippen LogP contribution in [-0.4, -0.2) is 25.8 Å². The van der Waals surface area contributed by atoms with Crippen molar-refractivity contribution in [2.45, 2.75) is 25.8 Å². The Morgan fingerprint density at radius 2 is 2.11 bits per heavy atom. The summed E-state index contributed by atoms with van der Waals surface area (Å²) in [5.41, 5.74) is 0.788. The van der Waals surface area contributed by atoms with E-state index in [9.17, 15) is 9.90 Å². The van der Waals surface area contributed by atoms with Crippen molar-refractivity contribution in [3.05, 3.63) is 48.0 Å². The van der Waals surface area contributed by atoms with Crippen molar-refractivity contribution >= 4 is 5.97 Å². The predicted octanol–water partition coefficient (Wildman–Crippen LogP) is 1.71. The number of aliphatic carboxylic acids is 1. The molecule has 94 valence electrons. The average molecular weight is 245 g/mol. The number of aryl methyl sites for hydroxylation is 1. The molecule has 18 heavy (non-hydrogen) atoms. The Hall–Kier alpha value is -2.17. The zero-order valence-electron chi connectivity index (χ0n) is 10.2. The van der Waals surface area contributed by atoms with Crippen LogP contribution >= 0.6 is 0 Å². The van der Waals surface area contributed by atoms with Crippen LogP contribution in [0, 0.1) is 0 Å². The summed E-state index contributed by atoms with van der Waals surface area (Å²) in [5, 5.41) is 13.4. The van der Waals surface area contributed by atoms with Gasteiger partial charge in [-0.05, 0) is 12.5 Å². The minimum Gasteiger partial charge on any atom is -0.481 e. The van der Waals surface area contributed by atoms with Gasteiger partial charge < -0.3 is 5.11 Å². The molecule has 5 nitrogen and oxygen atoms in total. The molecule has 0 radical (unpaired) electrons. The second kappa shape index (κ2) is 5.44. The molecule has 0 aliphatic rings. The van der Waals surface area contributed by atoms with Gasteiger partial charge in [0.15, 0.2) is 0 Å². The summed E-state index contributed by atoms with van der Waals surface area (Å²) >= 11 is 0. The van der Waals surface area contributed by atoms with Gasteiger partial charge in [-0.1, -0.05) is 30.3 Å². The van der Waals surface area contributed by atoms with Crippen LogP contribution in [0.3, 0.4) is 0 Å². The number of aromatic nitrogens is 3. The van der Waals surface area contributed by atoms with Crippen LogP contribution < -0.4 is 0 Å². The van der Waals surface area contributed by atoms with Gasteiger partial charge in [0.05, 0.1) is 5.92 Å². The molecule has 0 amide bonds. The van der Waals surface area contributed by atoms with E-state index in [0.29, 0.717) is 18.8 Å². The Morgan fingerprint density at radius 3 is 2.72 bits per heavy atom. The molecular weight excluding hydrogens is 230 g/mol. The molecule has 0 aliphatic heterocycles.